The predicted octanol–water partition coefficient (Wildman–Crippen LogP) is 4.19. The highest BCUT2D eigenvalue weighted by atomic mass is 32.2. The van der Waals surface area contributed by atoms with Crippen LogP contribution in [0.4, 0.5) is 0 Å². The molecule has 0 aliphatic carbocycles. The molecule has 0 aliphatic heterocycles. The van der Waals surface area contributed by atoms with Crippen LogP contribution in [-0.2, 0) is 9.09 Å². The molecule has 1 atom stereocenters. The third kappa shape index (κ3) is 4.26. The summed E-state index contributed by atoms with van der Waals surface area (Å²) in [7, 11) is -1.39. The number of methoxy groups -OCH3 is 1. The van der Waals surface area contributed by atoms with Gasteiger partial charge < -0.3 is 9.63 Å². The molecule has 1 aromatic rings. The van der Waals surface area contributed by atoms with Crippen LogP contribution in [0, 0.1) is 11.8 Å². The summed E-state index contributed by atoms with van der Waals surface area (Å²) in [4.78, 5) is 9.50. The van der Waals surface area contributed by atoms with Crippen molar-refractivity contribution < 1.29 is 18.7 Å². The van der Waals surface area contributed by atoms with E-state index in [0.29, 0.717) is 0 Å². The van der Waals surface area contributed by atoms with Gasteiger partial charge in [-0.2, -0.15) is 0 Å². The van der Waals surface area contributed by atoms with Crippen LogP contribution in [0.2, 0.25) is 0 Å². The van der Waals surface area contributed by atoms with Gasteiger partial charge in [0.25, 0.3) is 0 Å². The zero-order valence-electron chi connectivity index (χ0n) is 12.5. The quantitative estimate of drug-likeness (QED) is 0.464. The summed E-state index contributed by atoms with van der Waals surface area (Å²) in [5.41, 5.74) is 0. The fourth-order valence-electron chi connectivity index (χ4n) is 2.12. The molecule has 0 aliphatic rings. The molecule has 0 saturated heterocycles. The van der Waals surface area contributed by atoms with Gasteiger partial charge in [-0.05, 0) is 36.1 Å². The lowest BCUT2D eigenvalue weighted by Crippen LogP contribution is -2.38. The van der Waals surface area contributed by atoms with E-state index in [4.69, 9.17) is 9.26 Å². The maximum Gasteiger partial charge on any atom is 0.317 e. The first-order chi connectivity index (χ1) is 9.31. The molecule has 1 N–H and O–H groups in total. The topological polar surface area (TPSA) is 55.8 Å². The van der Waals surface area contributed by atoms with Gasteiger partial charge in [-0.3, -0.25) is 9.09 Å². The van der Waals surface area contributed by atoms with Crippen molar-refractivity contribution in [1.29, 1.82) is 0 Å². The Hall–Kier alpha value is -0.480. The van der Waals surface area contributed by atoms with E-state index < -0.39 is 13.2 Å². The Morgan fingerprint density at radius 3 is 2.00 bits per heavy atom. The largest absolute Gasteiger partial charge is 0.497 e. The maximum atomic E-state index is 11.2. The normalized spacial score (nSPS) is 13.8. The number of hydrogen-bond acceptors (Lipinski definition) is 4. The fourth-order valence-corrected chi connectivity index (χ4v) is 4.36. The lowest BCUT2D eigenvalue weighted by molar-refractivity contribution is 0.0651. The summed E-state index contributed by atoms with van der Waals surface area (Å²) >= 11 is 1.49. The van der Waals surface area contributed by atoms with Crippen LogP contribution in [0.5, 0.6) is 5.75 Å². The van der Waals surface area contributed by atoms with E-state index in [2.05, 4.69) is 0 Å². The molecule has 1 unspecified atom stereocenters. The van der Waals surface area contributed by atoms with E-state index in [0.717, 1.165) is 10.6 Å². The van der Waals surface area contributed by atoms with Crippen LogP contribution in [0.25, 0.3) is 0 Å². The molecule has 20 heavy (non-hydrogen) atoms. The van der Waals surface area contributed by atoms with Crippen molar-refractivity contribution in [3.63, 3.8) is 0 Å². The molecule has 0 spiro atoms. The van der Waals surface area contributed by atoms with Gasteiger partial charge >= 0.3 is 8.25 Å². The lowest BCUT2D eigenvalue weighted by atomic mass is 9.96. The molecule has 0 fully saturated rings. The van der Waals surface area contributed by atoms with E-state index in [-0.39, 0.29) is 11.8 Å². The Morgan fingerprint density at radius 2 is 1.65 bits per heavy atom. The van der Waals surface area contributed by atoms with Gasteiger partial charge in [0.1, 0.15) is 10.7 Å². The van der Waals surface area contributed by atoms with Crippen molar-refractivity contribution in [2.45, 2.75) is 37.5 Å². The molecule has 0 amide bonds. The average Bonchev–Trinajstić information content (AvgIpc) is 2.37. The Bertz CT molecular complexity index is 437. The third-order valence-corrected chi connectivity index (χ3v) is 5.71. The smallest absolute Gasteiger partial charge is 0.317 e. The van der Waals surface area contributed by atoms with Crippen LogP contribution in [0.3, 0.4) is 0 Å². The zero-order chi connectivity index (χ0) is 15.3. The van der Waals surface area contributed by atoms with Gasteiger partial charge in [-0.1, -0.05) is 39.5 Å². The lowest BCUT2D eigenvalue weighted by Gasteiger charge is -2.39. The van der Waals surface area contributed by atoms with Crippen LogP contribution >= 0.6 is 20.0 Å². The van der Waals surface area contributed by atoms with Gasteiger partial charge in [0.15, 0.2) is 0 Å². The number of thioether (sulfide) groups is 1. The van der Waals surface area contributed by atoms with E-state index in [1.807, 2.05) is 52.0 Å². The molecule has 0 aromatic heterocycles. The van der Waals surface area contributed by atoms with Crippen molar-refractivity contribution in [3.05, 3.63) is 24.3 Å². The van der Waals surface area contributed by atoms with Crippen LogP contribution < -0.4 is 4.74 Å². The molecule has 1 rings (SSSR count). The monoisotopic (exact) mass is 318 g/mol. The minimum absolute atomic E-state index is 0.0932. The summed E-state index contributed by atoms with van der Waals surface area (Å²) < 4.78 is 21.8. The highest BCUT2D eigenvalue weighted by Gasteiger charge is 2.41. The van der Waals surface area contributed by atoms with Gasteiger partial charge in [0, 0.05) is 4.90 Å². The van der Waals surface area contributed by atoms with E-state index in [9.17, 15) is 9.46 Å². The highest BCUT2D eigenvalue weighted by Crippen LogP contribution is 2.49. The first-order valence-electron chi connectivity index (χ1n) is 6.56. The number of ether oxygens (including phenoxy) is 1. The molecule has 0 saturated carbocycles. The Balaban J connectivity index is 3.06. The van der Waals surface area contributed by atoms with E-state index in [1.165, 1.54) is 11.8 Å². The average molecular weight is 318 g/mol. The first kappa shape index (κ1) is 17.6. The molecular formula is C14H23O4PS. The predicted molar refractivity (Wildman–Crippen MR) is 83.6 cm³/mol. The number of hydrogen-bond donors (Lipinski definition) is 1. The second kappa shape index (κ2) is 7.51. The van der Waals surface area contributed by atoms with Crippen molar-refractivity contribution in [1.82, 2.24) is 0 Å². The zero-order valence-corrected chi connectivity index (χ0v) is 14.4. The summed E-state index contributed by atoms with van der Waals surface area (Å²) in [6, 6.07) is 7.60. The van der Waals surface area contributed by atoms with Crippen LogP contribution in [-0.4, -0.2) is 16.9 Å². The molecule has 114 valence electrons. The van der Waals surface area contributed by atoms with Crippen molar-refractivity contribution >= 4 is 20.0 Å². The molecule has 0 bridgehead atoms. The Kier molecular flexibility index (Phi) is 6.59. The third-order valence-electron chi connectivity index (χ3n) is 3.19. The minimum atomic E-state index is -3.01. The second-order valence-corrected chi connectivity index (χ2v) is 7.23. The van der Waals surface area contributed by atoms with E-state index in [1.54, 1.807) is 7.11 Å². The molecule has 6 heteroatoms. The summed E-state index contributed by atoms with van der Waals surface area (Å²) in [6.45, 7) is 8.01. The van der Waals surface area contributed by atoms with Gasteiger partial charge in [-0.25, -0.2) is 0 Å². The highest BCUT2D eigenvalue weighted by molar-refractivity contribution is 8.00. The van der Waals surface area contributed by atoms with Crippen molar-refractivity contribution in [3.8, 4) is 5.75 Å². The Labute approximate surface area is 125 Å². The Morgan fingerprint density at radius 1 is 1.15 bits per heavy atom. The standard InChI is InChI=1S/C14H23O4PS/c1-10(2)14(11(3)4,18-19(15)16)20-13-8-6-12(17-5)7-9-13/h6-11,19H,1-5H3,(H,15,16). The molecule has 0 radical (unpaired) electrons. The van der Waals surface area contributed by atoms with Gasteiger partial charge in [0.2, 0.25) is 0 Å². The van der Waals surface area contributed by atoms with Crippen molar-refractivity contribution in [2.75, 3.05) is 7.11 Å². The number of benzene rings is 1. The maximum absolute atomic E-state index is 11.2. The SMILES string of the molecule is COc1ccc(SC(O[PH](=O)O)(C(C)C)C(C)C)cc1. The molecule has 1 aromatic carbocycles. The van der Waals surface area contributed by atoms with Crippen LogP contribution in [0.15, 0.2) is 29.2 Å². The number of rotatable bonds is 7. The molecule has 0 heterocycles. The summed E-state index contributed by atoms with van der Waals surface area (Å²) in [5, 5.41) is 0. The van der Waals surface area contributed by atoms with Crippen LogP contribution in [0.1, 0.15) is 27.7 Å². The fraction of sp³-hybridized carbons (Fsp3) is 0.571. The van der Waals surface area contributed by atoms with Crippen molar-refractivity contribution in [2.24, 2.45) is 11.8 Å². The van der Waals surface area contributed by atoms with E-state index >= 15 is 0 Å². The second-order valence-electron chi connectivity index (χ2n) is 5.18. The van der Waals surface area contributed by atoms with Gasteiger partial charge in [0.05, 0.1) is 7.11 Å². The van der Waals surface area contributed by atoms with Gasteiger partial charge in [-0.15, -0.1) is 0 Å². The molecule has 4 nitrogen and oxygen atoms in total. The first-order valence-corrected chi connectivity index (χ1v) is 8.64. The summed E-state index contributed by atoms with van der Waals surface area (Å²) in [6.07, 6.45) is 0. The molecular weight excluding hydrogens is 295 g/mol. The summed E-state index contributed by atoms with van der Waals surface area (Å²) in [5.74, 6) is 0.970. The minimum Gasteiger partial charge on any atom is -0.497 e.